The number of ether oxygens (including phenoxy) is 2. The molecular weight excluding hydrogens is 572 g/mol. The summed E-state index contributed by atoms with van der Waals surface area (Å²) < 4.78 is 14.2. The molecule has 0 saturated heterocycles. The average molecular weight is 597 g/mol. The fourth-order valence-corrected chi connectivity index (χ4v) is 6.14. The zero-order valence-electron chi connectivity index (χ0n) is 22.9. The number of methoxy groups -OCH3 is 2. The second-order valence-electron chi connectivity index (χ2n) is 9.57. The molecule has 1 aliphatic heterocycles. The minimum Gasteiger partial charge on any atom is -0.497 e. The van der Waals surface area contributed by atoms with Gasteiger partial charge in [-0.2, -0.15) is 5.10 Å². The molecule has 0 aliphatic carbocycles. The van der Waals surface area contributed by atoms with Crippen molar-refractivity contribution in [3.8, 4) is 22.7 Å². The first kappa shape index (κ1) is 27.4. The second kappa shape index (κ2) is 11.3. The lowest BCUT2D eigenvalue weighted by molar-refractivity contribution is -0.136. The highest BCUT2D eigenvalue weighted by molar-refractivity contribution is 7.07. The van der Waals surface area contributed by atoms with Gasteiger partial charge in [0.1, 0.15) is 11.4 Å². The number of carbonyl (C=O) groups is 1. The van der Waals surface area contributed by atoms with Crippen LogP contribution < -0.4 is 19.6 Å². The Morgan fingerprint density at radius 2 is 1.71 bits per heavy atom. The summed E-state index contributed by atoms with van der Waals surface area (Å²) in [4.78, 5) is 32.2. The lowest BCUT2D eigenvalue weighted by atomic mass is 9.96. The predicted molar refractivity (Wildman–Crippen MR) is 163 cm³/mol. The van der Waals surface area contributed by atoms with E-state index in [0.717, 1.165) is 22.4 Å². The van der Waals surface area contributed by atoms with E-state index in [-0.39, 0.29) is 5.56 Å². The molecule has 0 spiro atoms. The molecular formula is C32H25ClN4O4S. The molecule has 1 atom stereocenters. The maximum atomic E-state index is 14.1. The lowest BCUT2D eigenvalue weighted by Gasteiger charge is -2.24. The van der Waals surface area contributed by atoms with Gasteiger partial charge < -0.3 is 9.47 Å². The zero-order valence-corrected chi connectivity index (χ0v) is 24.5. The molecule has 8 nitrogen and oxygen atoms in total. The molecule has 42 heavy (non-hydrogen) atoms. The maximum absolute atomic E-state index is 14.1. The Hall–Kier alpha value is -4.73. The summed E-state index contributed by atoms with van der Waals surface area (Å²) in [5.41, 5.74) is 4.44. The van der Waals surface area contributed by atoms with Crippen LogP contribution in [0.3, 0.4) is 0 Å². The first-order chi connectivity index (χ1) is 20.4. The van der Waals surface area contributed by atoms with Crippen LogP contribution in [0.1, 0.15) is 24.1 Å². The molecule has 0 fully saturated rings. The third-order valence-corrected chi connectivity index (χ3v) is 8.26. The zero-order chi connectivity index (χ0) is 29.4. The van der Waals surface area contributed by atoms with Crippen LogP contribution in [0.5, 0.6) is 5.75 Å². The van der Waals surface area contributed by atoms with Crippen molar-refractivity contribution in [3.05, 3.63) is 132 Å². The van der Waals surface area contributed by atoms with E-state index >= 15 is 0 Å². The van der Waals surface area contributed by atoms with E-state index in [9.17, 15) is 9.59 Å². The number of rotatable bonds is 6. The Bertz CT molecular complexity index is 2010. The van der Waals surface area contributed by atoms with Crippen LogP contribution >= 0.6 is 22.9 Å². The molecule has 0 saturated carbocycles. The first-order valence-corrected chi connectivity index (χ1v) is 14.2. The Labute approximate surface area is 250 Å². The van der Waals surface area contributed by atoms with Crippen LogP contribution in [-0.2, 0) is 9.53 Å². The molecule has 3 heterocycles. The fraction of sp³-hybridized carbons (Fsp3) is 0.125. The smallest absolute Gasteiger partial charge is 0.338 e. The Morgan fingerprint density at radius 3 is 2.38 bits per heavy atom. The lowest BCUT2D eigenvalue weighted by Crippen LogP contribution is -2.39. The largest absolute Gasteiger partial charge is 0.497 e. The molecule has 1 aliphatic rings. The number of nitrogens with zero attached hydrogens (tertiary/aromatic N) is 4. The number of aromatic nitrogens is 3. The van der Waals surface area contributed by atoms with E-state index < -0.39 is 12.0 Å². The maximum Gasteiger partial charge on any atom is 0.338 e. The summed E-state index contributed by atoms with van der Waals surface area (Å²) in [5, 5.41) is 5.48. The number of allylic oxidation sites excluding steroid dienone is 1. The first-order valence-electron chi connectivity index (χ1n) is 13.0. The molecule has 5 aromatic rings. The number of thiazole rings is 1. The number of hydrogen-bond acceptors (Lipinski definition) is 7. The van der Waals surface area contributed by atoms with Crippen molar-refractivity contribution in [1.29, 1.82) is 0 Å². The van der Waals surface area contributed by atoms with Gasteiger partial charge in [0.25, 0.3) is 5.56 Å². The number of hydrogen-bond donors (Lipinski definition) is 0. The van der Waals surface area contributed by atoms with Crippen molar-refractivity contribution in [3.63, 3.8) is 0 Å². The van der Waals surface area contributed by atoms with Crippen molar-refractivity contribution in [2.45, 2.75) is 13.0 Å². The normalized spacial score (nSPS) is 14.9. The molecule has 0 bridgehead atoms. The molecule has 6 rings (SSSR count). The number of para-hydroxylation sites is 1. The molecule has 0 N–H and O–H groups in total. The second-order valence-corrected chi connectivity index (χ2v) is 11.0. The van der Waals surface area contributed by atoms with Crippen molar-refractivity contribution in [1.82, 2.24) is 14.3 Å². The van der Waals surface area contributed by atoms with E-state index in [1.54, 1.807) is 35.4 Å². The van der Waals surface area contributed by atoms with Gasteiger partial charge in [-0.05, 0) is 55.0 Å². The fourth-order valence-electron chi connectivity index (χ4n) is 4.97. The number of benzene rings is 3. The third kappa shape index (κ3) is 4.97. The van der Waals surface area contributed by atoms with Gasteiger partial charge in [-0.1, -0.05) is 65.4 Å². The van der Waals surface area contributed by atoms with Crippen LogP contribution in [-0.4, -0.2) is 34.5 Å². The average Bonchev–Trinajstić information content (AvgIpc) is 3.57. The molecule has 3 aromatic carbocycles. The molecule has 0 unspecified atom stereocenters. The van der Waals surface area contributed by atoms with E-state index in [1.165, 1.54) is 18.4 Å². The summed E-state index contributed by atoms with van der Waals surface area (Å²) in [6.07, 6.45) is 3.71. The van der Waals surface area contributed by atoms with E-state index in [2.05, 4.69) is 4.99 Å². The highest BCUT2D eigenvalue weighted by atomic mass is 35.5. The van der Waals surface area contributed by atoms with Crippen molar-refractivity contribution in [2.24, 2.45) is 4.99 Å². The van der Waals surface area contributed by atoms with Gasteiger partial charge in [0.05, 0.1) is 41.8 Å². The SMILES string of the molecule is COC(=O)C1=C(C)N=c2s/c(=C/c3cn(-c4ccccc4)nc3-c3ccc(Cl)cc3)c(=O)n2[C@H]1c1ccc(OC)cc1. The van der Waals surface area contributed by atoms with Crippen LogP contribution in [0.25, 0.3) is 23.0 Å². The van der Waals surface area contributed by atoms with Gasteiger partial charge in [0.2, 0.25) is 0 Å². The van der Waals surface area contributed by atoms with Gasteiger partial charge in [0, 0.05) is 22.3 Å². The van der Waals surface area contributed by atoms with Crippen LogP contribution in [0.4, 0.5) is 0 Å². The highest BCUT2D eigenvalue weighted by Crippen LogP contribution is 2.32. The Morgan fingerprint density at radius 1 is 1.00 bits per heavy atom. The summed E-state index contributed by atoms with van der Waals surface area (Å²) in [5.74, 6) is 0.122. The highest BCUT2D eigenvalue weighted by Gasteiger charge is 2.33. The Kier molecular flexibility index (Phi) is 7.36. The molecule has 10 heteroatoms. The van der Waals surface area contributed by atoms with Crippen LogP contribution in [0.2, 0.25) is 5.02 Å². The van der Waals surface area contributed by atoms with E-state index in [1.807, 2.05) is 79.0 Å². The minimum absolute atomic E-state index is 0.275. The predicted octanol–water partition coefficient (Wildman–Crippen LogP) is 4.92. The van der Waals surface area contributed by atoms with Crippen molar-refractivity contribution < 1.29 is 14.3 Å². The van der Waals surface area contributed by atoms with Crippen LogP contribution in [0.15, 0.2) is 106 Å². The van der Waals surface area contributed by atoms with Crippen molar-refractivity contribution in [2.75, 3.05) is 14.2 Å². The van der Waals surface area contributed by atoms with Gasteiger partial charge in [-0.25, -0.2) is 14.5 Å². The number of fused-ring (bicyclic) bond motifs is 1. The van der Waals surface area contributed by atoms with E-state index in [4.69, 9.17) is 26.2 Å². The monoisotopic (exact) mass is 596 g/mol. The minimum atomic E-state index is -0.718. The van der Waals surface area contributed by atoms with Crippen molar-refractivity contribution >= 4 is 35.0 Å². The van der Waals surface area contributed by atoms with Gasteiger partial charge in [-0.15, -0.1) is 0 Å². The summed E-state index contributed by atoms with van der Waals surface area (Å²) >= 11 is 7.41. The van der Waals surface area contributed by atoms with Gasteiger partial charge >= 0.3 is 5.97 Å². The number of carbonyl (C=O) groups excluding carboxylic acids is 1. The standard InChI is InChI=1S/C32H25ClN4O4S/c1-19-27(31(39)41-3)29(21-11-15-25(40-2)16-12-21)37-30(38)26(42-32(37)34-19)17-22-18-36(24-7-5-4-6-8-24)35-28(22)20-9-13-23(33)14-10-20/h4-18,29H,1-3H3/b26-17+/t29-/m0/s1. The summed E-state index contributed by atoms with van der Waals surface area (Å²) in [7, 11) is 2.90. The van der Waals surface area contributed by atoms with E-state index in [0.29, 0.717) is 37.1 Å². The molecule has 0 amide bonds. The Balaban J connectivity index is 1.56. The topological polar surface area (TPSA) is 87.7 Å². The third-order valence-electron chi connectivity index (χ3n) is 7.03. The quantitative estimate of drug-likeness (QED) is 0.260. The number of halogens is 1. The molecule has 0 radical (unpaired) electrons. The van der Waals surface area contributed by atoms with Gasteiger partial charge in [0.15, 0.2) is 4.80 Å². The summed E-state index contributed by atoms with van der Waals surface area (Å²) in [6, 6.07) is 23.7. The molecule has 210 valence electrons. The number of esters is 1. The van der Waals surface area contributed by atoms with Gasteiger partial charge in [-0.3, -0.25) is 9.36 Å². The molecule has 2 aromatic heterocycles. The van der Waals surface area contributed by atoms with Crippen LogP contribution in [0, 0.1) is 0 Å². The summed E-state index contributed by atoms with van der Waals surface area (Å²) in [6.45, 7) is 1.75.